The Kier molecular flexibility index (Phi) is 3.52. The standard InChI is InChI=1S/C15H25BO4/c1-13(2)14(3,4)20-16(19-13)11-12-6-5-7-15(10-12)17-8-9-18-15/h11H,5-10H2,1-4H3. The van der Waals surface area contributed by atoms with E-state index in [0.29, 0.717) is 13.2 Å². The fourth-order valence-electron chi connectivity index (χ4n) is 3.14. The molecule has 0 aromatic carbocycles. The second-order valence-corrected chi connectivity index (χ2v) is 7.09. The summed E-state index contributed by atoms with van der Waals surface area (Å²) in [6.45, 7) is 9.75. The van der Waals surface area contributed by atoms with E-state index in [0.717, 1.165) is 25.7 Å². The van der Waals surface area contributed by atoms with E-state index in [1.165, 1.54) is 5.57 Å². The minimum absolute atomic E-state index is 0.258. The summed E-state index contributed by atoms with van der Waals surface area (Å²) in [5.74, 6) is 1.76. The Morgan fingerprint density at radius 3 is 2.20 bits per heavy atom. The summed E-state index contributed by atoms with van der Waals surface area (Å²) >= 11 is 0. The summed E-state index contributed by atoms with van der Waals surface area (Å²) in [5, 5.41) is 0. The van der Waals surface area contributed by atoms with Gasteiger partial charge in [-0.3, -0.25) is 0 Å². The first-order valence-corrected chi connectivity index (χ1v) is 7.65. The first-order chi connectivity index (χ1) is 9.32. The number of hydrogen-bond acceptors (Lipinski definition) is 4. The van der Waals surface area contributed by atoms with Gasteiger partial charge in [-0.25, -0.2) is 0 Å². The van der Waals surface area contributed by atoms with Crippen LogP contribution in [0.5, 0.6) is 0 Å². The number of rotatable bonds is 1. The van der Waals surface area contributed by atoms with Crippen LogP contribution in [0.3, 0.4) is 0 Å². The minimum atomic E-state index is -0.367. The molecule has 4 nitrogen and oxygen atoms in total. The second kappa shape index (κ2) is 4.84. The van der Waals surface area contributed by atoms with E-state index in [1.807, 2.05) is 0 Å². The van der Waals surface area contributed by atoms with Gasteiger partial charge < -0.3 is 18.8 Å². The van der Waals surface area contributed by atoms with E-state index < -0.39 is 0 Å². The molecule has 1 saturated carbocycles. The molecule has 3 rings (SSSR count). The molecule has 5 heteroatoms. The Bertz CT molecular complexity index is 394. The fourth-order valence-corrected chi connectivity index (χ4v) is 3.14. The van der Waals surface area contributed by atoms with Crippen LogP contribution >= 0.6 is 0 Å². The zero-order chi connectivity index (χ0) is 14.4. The van der Waals surface area contributed by atoms with Crippen LogP contribution < -0.4 is 0 Å². The Morgan fingerprint density at radius 1 is 1.00 bits per heavy atom. The van der Waals surface area contributed by atoms with Crippen LogP contribution in [0.1, 0.15) is 53.4 Å². The third kappa shape index (κ3) is 2.57. The Hall–Kier alpha value is -0.355. The maximum absolute atomic E-state index is 6.04. The van der Waals surface area contributed by atoms with Crippen molar-refractivity contribution in [2.75, 3.05) is 13.2 Å². The van der Waals surface area contributed by atoms with Crippen molar-refractivity contribution < 1.29 is 18.8 Å². The van der Waals surface area contributed by atoms with Gasteiger partial charge in [0.2, 0.25) is 0 Å². The average Bonchev–Trinajstić information content (AvgIpc) is 2.82. The van der Waals surface area contributed by atoms with Crippen molar-refractivity contribution in [3.63, 3.8) is 0 Å². The van der Waals surface area contributed by atoms with E-state index in [2.05, 4.69) is 33.7 Å². The maximum Gasteiger partial charge on any atom is 0.487 e. The fraction of sp³-hybridized carbons (Fsp3) is 0.867. The van der Waals surface area contributed by atoms with Crippen molar-refractivity contribution in [1.82, 2.24) is 0 Å². The molecule has 0 bridgehead atoms. The summed E-state index contributed by atoms with van der Waals surface area (Å²) in [6.07, 6.45) is 4.02. The topological polar surface area (TPSA) is 36.9 Å². The molecule has 0 radical (unpaired) electrons. The molecule has 112 valence electrons. The lowest BCUT2D eigenvalue weighted by Gasteiger charge is -2.33. The quantitative estimate of drug-likeness (QED) is 0.692. The number of ether oxygens (including phenoxy) is 2. The highest BCUT2D eigenvalue weighted by Gasteiger charge is 2.50. The predicted octanol–water partition coefficient (Wildman–Crippen LogP) is 2.86. The molecule has 0 unspecified atom stereocenters. The van der Waals surface area contributed by atoms with E-state index in [1.54, 1.807) is 0 Å². The van der Waals surface area contributed by atoms with Crippen molar-refractivity contribution in [3.8, 4) is 0 Å². The van der Waals surface area contributed by atoms with Crippen LogP contribution in [0, 0.1) is 0 Å². The number of hydrogen-bond donors (Lipinski definition) is 0. The highest BCUT2D eigenvalue weighted by Crippen LogP contribution is 2.41. The lowest BCUT2D eigenvalue weighted by atomic mass is 9.80. The molecule has 1 aliphatic carbocycles. The van der Waals surface area contributed by atoms with Gasteiger partial charge in [-0.15, -0.1) is 0 Å². The Labute approximate surface area is 121 Å². The van der Waals surface area contributed by atoms with E-state index in [-0.39, 0.29) is 24.1 Å². The van der Waals surface area contributed by atoms with Crippen LogP contribution in [0.4, 0.5) is 0 Å². The van der Waals surface area contributed by atoms with E-state index in [4.69, 9.17) is 18.8 Å². The summed E-state index contributed by atoms with van der Waals surface area (Å²) in [7, 11) is -0.258. The van der Waals surface area contributed by atoms with Gasteiger partial charge in [0.05, 0.1) is 24.4 Å². The van der Waals surface area contributed by atoms with Crippen molar-refractivity contribution >= 4 is 7.12 Å². The molecule has 0 amide bonds. The lowest BCUT2D eigenvalue weighted by molar-refractivity contribution is -0.167. The first kappa shape index (κ1) is 14.6. The van der Waals surface area contributed by atoms with Crippen LogP contribution in [-0.4, -0.2) is 37.3 Å². The molecule has 3 aliphatic rings. The van der Waals surface area contributed by atoms with Crippen molar-refractivity contribution in [2.45, 2.75) is 70.4 Å². The molecule has 0 N–H and O–H groups in total. The Balaban J connectivity index is 1.70. The molecule has 0 aromatic heterocycles. The molecule has 3 fully saturated rings. The first-order valence-electron chi connectivity index (χ1n) is 7.65. The van der Waals surface area contributed by atoms with Gasteiger partial charge in [0.1, 0.15) is 0 Å². The monoisotopic (exact) mass is 280 g/mol. The van der Waals surface area contributed by atoms with Gasteiger partial charge in [0.25, 0.3) is 0 Å². The van der Waals surface area contributed by atoms with Crippen LogP contribution in [0.15, 0.2) is 11.5 Å². The summed E-state index contributed by atoms with van der Waals surface area (Å²) in [6, 6.07) is 0. The molecule has 2 aliphatic heterocycles. The van der Waals surface area contributed by atoms with Crippen molar-refractivity contribution in [3.05, 3.63) is 11.5 Å². The molecule has 0 aromatic rings. The van der Waals surface area contributed by atoms with Crippen molar-refractivity contribution in [1.29, 1.82) is 0 Å². The van der Waals surface area contributed by atoms with Gasteiger partial charge in [-0.05, 0) is 40.5 Å². The van der Waals surface area contributed by atoms with E-state index in [9.17, 15) is 0 Å². The summed E-state index contributed by atoms with van der Waals surface area (Å²) in [4.78, 5) is 0. The molecular formula is C15H25BO4. The van der Waals surface area contributed by atoms with Crippen molar-refractivity contribution in [2.24, 2.45) is 0 Å². The zero-order valence-electron chi connectivity index (χ0n) is 13.0. The lowest BCUT2D eigenvalue weighted by Crippen LogP contribution is -2.41. The minimum Gasteiger partial charge on any atom is -0.400 e. The normalized spacial score (nSPS) is 33.2. The molecule has 2 saturated heterocycles. The molecular weight excluding hydrogens is 255 g/mol. The molecule has 0 atom stereocenters. The second-order valence-electron chi connectivity index (χ2n) is 7.09. The molecule has 20 heavy (non-hydrogen) atoms. The Morgan fingerprint density at radius 2 is 1.60 bits per heavy atom. The summed E-state index contributed by atoms with van der Waals surface area (Å²) < 4.78 is 23.7. The highest BCUT2D eigenvalue weighted by molar-refractivity contribution is 6.51. The van der Waals surface area contributed by atoms with Crippen LogP contribution in [0.25, 0.3) is 0 Å². The molecule has 1 spiro atoms. The molecule has 2 heterocycles. The van der Waals surface area contributed by atoms with E-state index >= 15 is 0 Å². The van der Waals surface area contributed by atoms with Crippen LogP contribution in [0.2, 0.25) is 0 Å². The van der Waals surface area contributed by atoms with Crippen LogP contribution in [-0.2, 0) is 18.8 Å². The average molecular weight is 280 g/mol. The van der Waals surface area contributed by atoms with Gasteiger partial charge in [0, 0.05) is 12.8 Å². The van der Waals surface area contributed by atoms with Gasteiger partial charge in [-0.1, -0.05) is 11.5 Å². The van der Waals surface area contributed by atoms with Gasteiger partial charge in [0.15, 0.2) is 5.79 Å². The largest absolute Gasteiger partial charge is 0.487 e. The predicted molar refractivity (Wildman–Crippen MR) is 77.3 cm³/mol. The zero-order valence-corrected chi connectivity index (χ0v) is 13.0. The SMILES string of the molecule is CC1(C)OB(C=C2CCCC3(C2)OCCO3)OC1(C)C. The highest BCUT2D eigenvalue weighted by atomic mass is 16.7. The third-order valence-corrected chi connectivity index (χ3v) is 5.01. The van der Waals surface area contributed by atoms with Gasteiger partial charge >= 0.3 is 7.12 Å². The van der Waals surface area contributed by atoms with Gasteiger partial charge in [-0.2, -0.15) is 0 Å². The summed E-state index contributed by atoms with van der Waals surface area (Å²) in [5.41, 5.74) is 0.778. The smallest absolute Gasteiger partial charge is 0.400 e. The maximum atomic E-state index is 6.04. The third-order valence-electron chi connectivity index (χ3n) is 5.01.